The molecule has 6 heteroatoms. The molecule has 1 saturated heterocycles. The molecule has 0 radical (unpaired) electrons. The topological polar surface area (TPSA) is 89.8 Å². The second kappa shape index (κ2) is 11.4. The molecule has 0 aromatic carbocycles. The third-order valence-electron chi connectivity index (χ3n) is 5.00. The molecule has 0 spiro atoms. The molecule has 25 heavy (non-hydrogen) atoms. The Kier molecular flexibility index (Phi) is 10.4. The number of fused-ring (bicyclic) bond motifs is 1. The molecule has 0 aromatic rings. The largest absolute Gasteiger partial charge is 1.00 e. The van der Waals surface area contributed by atoms with Crippen molar-refractivity contribution in [2.75, 3.05) is 0 Å². The van der Waals surface area contributed by atoms with E-state index in [1.165, 1.54) is 0 Å². The Morgan fingerprint density at radius 3 is 2.88 bits per heavy atom. The summed E-state index contributed by atoms with van der Waals surface area (Å²) in [5, 5.41) is 30.6. The van der Waals surface area contributed by atoms with Crippen molar-refractivity contribution in [1.29, 1.82) is 0 Å². The first kappa shape index (κ1) is 22.7. The van der Waals surface area contributed by atoms with Gasteiger partial charge in [-0.3, -0.25) is 0 Å². The van der Waals surface area contributed by atoms with Crippen LogP contribution in [0.3, 0.4) is 0 Å². The second-order valence-corrected chi connectivity index (χ2v) is 6.93. The SMILES string of the molecule is CCCC[C@H](O)/C=C/[C@@H]1[C@H]2C/C(=C/CCCC(=O)[O-])O[C@H]2C[C@H]1O.[Na+]. The van der Waals surface area contributed by atoms with Crippen LogP contribution in [0.1, 0.15) is 58.3 Å². The number of allylic oxidation sites excluding steroid dienone is 2. The van der Waals surface area contributed by atoms with Crippen molar-refractivity contribution in [3.63, 3.8) is 0 Å². The van der Waals surface area contributed by atoms with Gasteiger partial charge in [0.25, 0.3) is 0 Å². The Morgan fingerprint density at radius 1 is 1.44 bits per heavy atom. The Bertz CT molecular complexity index is 476. The summed E-state index contributed by atoms with van der Waals surface area (Å²) in [5.74, 6) is 0.134. The molecule has 1 saturated carbocycles. The first-order valence-corrected chi connectivity index (χ1v) is 9.11. The van der Waals surface area contributed by atoms with Gasteiger partial charge in [-0.15, -0.1) is 0 Å². The molecule has 5 atom stereocenters. The molecular weight excluding hydrogens is 331 g/mol. The average Bonchev–Trinajstić information content (AvgIpc) is 3.04. The predicted octanol–water partition coefficient (Wildman–Crippen LogP) is -1.31. The summed E-state index contributed by atoms with van der Waals surface area (Å²) in [6, 6.07) is 0. The van der Waals surface area contributed by atoms with Gasteiger partial charge in [0.1, 0.15) is 6.10 Å². The fourth-order valence-electron chi connectivity index (χ4n) is 3.66. The molecular formula is C19H29NaO5. The van der Waals surface area contributed by atoms with Crippen LogP contribution in [0.5, 0.6) is 0 Å². The first-order chi connectivity index (χ1) is 11.5. The summed E-state index contributed by atoms with van der Waals surface area (Å²) in [7, 11) is 0. The van der Waals surface area contributed by atoms with Gasteiger partial charge in [-0.2, -0.15) is 0 Å². The van der Waals surface area contributed by atoms with E-state index in [9.17, 15) is 20.1 Å². The van der Waals surface area contributed by atoms with Crippen LogP contribution in [0.25, 0.3) is 0 Å². The van der Waals surface area contributed by atoms with Gasteiger partial charge in [-0.1, -0.05) is 31.9 Å². The number of unbranched alkanes of at least 4 members (excludes halogenated alkanes) is 2. The van der Waals surface area contributed by atoms with Crippen LogP contribution in [0.4, 0.5) is 0 Å². The number of carbonyl (C=O) groups excluding carboxylic acids is 1. The van der Waals surface area contributed by atoms with E-state index in [0.29, 0.717) is 19.3 Å². The van der Waals surface area contributed by atoms with Crippen LogP contribution in [0.2, 0.25) is 0 Å². The van der Waals surface area contributed by atoms with Crippen molar-refractivity contribution >= 4 is 5.97 Å². The van der Waals surface area contributed by atoms with E-state index in [4.69, 9.17) is 4.74 Å². The summed E-state index contributed by atoms with van der Waals surface area (Å²) >= 11 is 0. The van der Waals surface area contributed by atoms with Crippen molar-refractivity contribution in [3.8, 4) is 0 Å². The zero-order valence-corrected chi connectivity index (χ0v) is 17.4. The minimum Gasteiger partial charge on any atom is -0.550 e. The van der Waals surface area contributed by atoms with Crippen LogP contribution >= 0.6 is 0 Å². The molecule has 1 heterocycles. The monoisotopic (exact) mass is 360 g/mol. The maximum atomic E-state index is 10.4. The quantitative estimate of drug-likeness (QED) is 0.303. The molecule has 2 N–H and O–H groups in total. The summed E-state index contributed by atoms with van der Waals surface area (Å²) in [6.07, 6.45) is 10.4. The van der Waals surface area contributed by atoms with Crippen molar-refractivity contribution in [2.24, 2.45) is 11.8 Å². The molecule has 0 bridgehead atoms. The number of aliphatic carboxylic acids is 1. The van der Waals surface area contributed by atoms with Crippen molar-refractivity contribution in [1.82, 2.24) is 0 Å². The molecule has 0 aromatic heterocycles. The number of carboxylic acids is 1. The van der Waals surface area contributed by atoms with E-state index in [-0.39, 0.29) is 53.9 Å². The predicted molar refractivity (Wildman–Crippen MR) is 88.7 cm³/mol. The number of hydrogen-bond acceptors (Lipinski definition) is 5. The Balaban J connectivity index is 0.00000312. The van der Waals surface area contributed by atoms with Gasteiger partial charge in [0.2, 0.25) is 0 Å². The molecule has 0 unspecified atom stereocenters. The Hall–Kier alpha value is -0.330. The summed E-state index contributed by atoms with van der Waals surface area (Å²) < 4.78 is 5.91. The first-order valence-electron chi connectivity index (χ1n) is 9.11. The van der Waals surface area contributed by atoms with E-state index in [2.05, 4.69) is 6.92 Å². The number of hydrogen-bond donors (Lipinski definition) is 2. The number of carbonyl (C=O) groups is 1. The molecule has 5 nitrogen and oxygen atoms in total. The zero-order chi connectivity index (χ0) is 17.5. The van der Waals surface area contributed by atoms with Crippen molar-refractivity contribution in [2.45, 2.75) is 76.6 Å². The summed E-state index contributed by atoms with van der Waals surface area (Å²) in [4.78, 5) is 10.4. The standard InChI is InChI=1S/C19H30O5.Na/c1-2-3-6-13(20)9-10-15-16-11-14(7-4-5-8-19(22)23)24-18(16)12-17(15)21;/h7,9-10,13,15-18,20-21H,2-6,8,11-12H2,1H3,(H,22,23);/q;+1/p-1/b10-9+,14-7-;/t13-,15+,16+,17+,18-;/m0./s1. The minimum atomic E-state index is -1.02. The van der Waals surface area contributed by atoms with E-state index >= 15 is 0 Å². The second-order valence-electron chi connectivity index (χ2n) is 6.93. The molecule has 2 fully saturated rings. The molecule has 1 aliphatic carbocycles. The van der Waals surface area contributed by atoms with Gasteiger partial charge in [-0.25, -0.2) is 0 Å². The minimum absolute atomic E-state index is 0. The van der Waals surface area contributed by atoms with E-state index < -0.39 is 18.2 Å². The third-order valence-corrected chi connectivity index (χ3v) is 5.00. The fraction of sp³-hybridized carbons (Fsp3) is 0.737. The van der Waals surface area contributed by atoms with Gasteiger partial charge < -0.3 is 24.9 Å². The molecule has 2 rings (SSSR count). The molecule has 0 amide bonds. The van der Waals surface area contributed by atoms with Crippen LogP contribution in [-0.4, -0.2) is 34.5 Å². The van der Waals surface area contributed by atoms with Gasteiger partial charge >= 0.3 is 29.6 Å². The van der Waals surface area contributed by atoms with Crippen molar-refractivity contribution < 1.29 is 54.4 Å². The van der Waals surface area contributed by atoms with Gasteiger partial charge in [-0.05, 0) is 31.8 Å². The number of ether oxygens (including phenoxy) is 1. The van der Waals surface area contributed by atoms with Gasteiger partial charge in [0.15, 0.2) is 0 Å². The Morgan fingerprint density at radius 2 is 2.20 bits per heavy atom. The van der Waals surface area contributed by atoms with Crippen molar-refractivity contribution in [3.05, 3.63) is 24.0 Å². The van der Waals surface area contributed by atoms with E-state index in [1.807, 2.05) is 18.2 Å². The maximum absolute atomic E-state index is 10.4. The zero-order valence-electron chi connectivity index (χ0n) is 15.4. The number of aliphatic hydroxyl groups is 2. The van der Waals surface area contributed by atoms with Crippen LogP contribution < -0.4 is 34.7 Å². The average molecular weight is 360 g/mol. The van der Waals surface area contributed by atoms with Gasteiger partial charge in [0.05, 0.1) is 18.0 Å². The Labute approximate surface area is 172 Å². The van der Waals surface area contributed by atoms with Crippen LogP contribution in [-0.2, 0) is 9.53 Å². The molecule has 136 valence electrons. The molecule has 2 aliphatic rings. The van der Waals surface area contributed by atoms with Crippen LogP contribution in [0.15, 0.2) is 24.0 Å². The number of aliphatic hydroxyl groups excluding tert-OH is 2. The number of rotatable bonds is 9. The fourth-order valence-corrected chi connectivity index (χ4v) is 3.66. The van der Waals surface area contributed by atoms with Gasteiger partial charge in [0, 0.05) is 30.6 Å². The van der Waals surface area contributed by atoms with E-state index in [0.717, 1.165) is 31.4 Å². The molecule has 1 aliphatic heterocycles. The van der Waals surface area contributed by atoms with Crippen LogP contribution in [0, 0.1) is 11.8 Å². The maximum Gasteiger partial charge on any atom is 1.00 e. The van der Waals surface area contributed by atoms with E-state index in [1.54, 1.807) is 0 Å². The summed E-state index contributed by atoms with van der Waals surface area (Å²) in [5.41, 5.74) is 0. The number of carboxylic acid groups (broad SMARTS) is 1. The smallest absolute Gasteiger partial charge is 0.550 e. The summed E-state index contributed by atoms with van der Waals surface area (Å²) in [6.45, 7) is 2.10. The normalized spacial score (nSPS) is 30.9. The third kappa shape index (κ3) is 7.06.